The first-order valence-electron chi connectivity index (χ1n) is 8.10. The highest BCUT2D eigenvalue weighted by Crippen LogP contribution is 2.20. The minimum atomic E-state index is -0.176. The second-order valence-corrected chi connectivity index (χ2v) is 6.08. The molecule has 0 unspecified atom stereocenters. The monoisotopic (exact) mass is 324 g/mol. The summed E-state index contributed by atoms with van der Waals surface area (Å²) in [7, 11) is 1.75. The number of likely N-dealkylation sites (tertiary alicyclic amines) is 1. The zero-order valence-electron chi connectivity index (χ0n) is 13.7. The van der Waals surface area contributed by atoms with Gasteiger partial charge in [-0.05, 0) is 16.3 Å². The molecule has 1 saturated heterocycles. The molecule has 5 heteroatoms. The summed E-state index contributed by atoms with van der Waals surface area (Å²) in [5.41, 5.74) is 1.08. The van der Waals surface area contributed by atoms with E-state index < -0.39 is 0 Å². The summed E-state index contributed by atoms with van der Waals surface area (Å²) in [6, 6.07) is 14.1. The average Bonchev–Trinajstić information content (AvgIpc) is 2.91. The van der Waals surface area contributed by atoms with Gasteiger partial charge in [-0.3, -0.25) is 19.3 Å². The fraction of sp³-hybridized carbons (Fsp3) is 0.316. The first-order valence-corrected chi connectivity index (χ1v) is 8.10. The van der Waals surface area contributed by atoms with Crippen molar-refractivity contribution >= 4 is 28.5 Å². The van der Waals surface area contributed by atoms with E-state index in [9.17, 15) is 14.4 Å². The minimum absolute atomic E-state index is 0.0737. The normalized spacial score (nSPS) is 14.5. The minimum Gasteiger partial charge on any atom is -0.341 e. The van der Waals surface area contributed by atoms with Gasteiger partial charge in [0.15, 0.2) is 0 Å². The van der Waals surface area contributed by atoms with Crippen LogP contribution in [-0.2, 0) is 20.9 Å². The lowest BCUT2D eigenvalue weighted by atomic mass is 10.0. The van der Waals surface area contributed by atoms with Crippen molar-refractivity contribution in [1.29, 1.82) is 0 Å². The van der Waals surface area contributed by atoms with E-state index in [1.807, 2.05) is 42.5 Å². The Bertz CT molecular complexity index is 779. The van der Waals surface area contributed by atoms with Crippen LogP contribution in [0, 0.1) is 0 Å². The van der Waals surface area contributed by atoms with Crippen LogP contribution >= 0.6 is 0 Å². The number of rotatable bonds is 5. The molecule has 0 spiro atoms. The maximum absolute atomic E-state index is 12.3. The Morgan fingerprint density at radius 2 is 1.71 bits per heavy atom. The highest BCUT2D eigenvalue weighted by molar-refractivity contribution is 6.02. The Kier molecular flexibility index (Phi) is 4.60. The summed E-state index contributed by atoms with van der Waals surface area (Å²) in [5.74, 6) is -0.426. The van der Waals surface area contributed by atoms with Crippen molar-refractivity contribution in [2.75, 3.05) is 13.6 Å². The second kappa shape index (κ2) is 6.83. The summed E-state index contributed by atoms with van der Waals surface area (Å²) in [5, 5.41) is 2.27. The van der Waals surface area contributed by atoms with Crippen molar-refractivity contribution in [3.05, 3.63) is 48.0 Å². The molecule has 0 radical (unpaired) electrons. The molecule has 0 aromatic heterocycles. The van der Waals surface area contributed by atoms with Crippen LogP contribution in [0.3, 0.4) is 0 Å². The lowest BCUT2D eigenvalue weighted by molar-refractivity contribution is -0.139. The molecule has 3 rings (SSSR count). The van der Waals surface area contributed by atoms with E-state index in [0.717, 1.165) is 16.3 Å². The zero-order chi connectivity index (χ0) is 17.1. The zero-order valence-corrected chi connectivity index (χ0v) is 13.7. The number of hydrogen-bond acceptors (Lipinski definition) is 3. The maximum Gasteiger partial charge on any atom is 0.229 e. The van der Waals surface area contributed by atoms with Crippen molar-refractivity contribution in [3.63, 3.8) is 0 Å². The van der Waals surface area contributed by atoms with Crippen LogP contribution in [0.1, 0.15) is 24.8 Å². The molecule has 3 amide bonds. The van der Waals surface area contributed by atoms with Crippen molar-refractivity contribution in [2.24, 2.45) is 0 Å². The third-order valence-corrected chi connectivity index (χ3v) is 4.42. The van der Waals surface area contributed by atoms with Gasteiger partial charge in [0.2, 0.25) is 17.7 Å². The molecule has 1 fully saturated rings. The van der Waals surface area contributed by atoms with Crippen molar-refractivity contribution in [3.8, 4) is 0 Å². The van der Waals surface area contributed by atoms with Gasteiger partial charge in [0.25, 0.3) is 0 Å². The van der Waals surface area contributed by atoms with Gasteiger partial charge in [-0.25, -0.2) is 0 Å². The molecule has 0 bridgehead atoms. The highest BCUT2D eigenvalue weighted by Gasteiger charge is 2.29. The van der Waals surface area contributed by atoms with Gasteiger partial charge in [-0.1, -0.05) is 42.5 Å². The summed E-state index contributed by atoms with van der Waals surface area (Å²) in [6.45, 7) is 0.679. The molecule has 0 aliphatic carbocycles. The third-order valence-electron chi connectivity index (χ3n) is 4.42. The molecule has 5 nitrogen and oxygen atoms in total. The molecular weight excluding hydrogens is 304 g/mol. The first kappa shape index (κ1) is 16.2. The molecule has 2 aromatic rings. The SMILES string of the molecule is CN(Cc1cccc2ccccc12)C(=O)CCN1C(=O)CCC1=O. The molecule has 0 atom stereocenters. The topological polar surface area (TPSA) is 57.7 Å². The van der Waals surface area contributed by atoms with Crippen LogP contribution in [0.25, 0.3) is 10.8 Å². The average molecular weight is 324 g/mol. The Morgan fingerprint density at radius 1 is 1.04 bits per heavy atom. The highest BCUT2D eigenvalue weighted by atomic mass is 16.2. The lowest BCUT2D eigenvalue weighted by Crippen LogP contribution is -2.34. The van der Waals surface area contributed by atoms with Gasteiger partial charge >= 0.3 is 0 Å². The molecule has 24 heavy (non-hydrogen) atoms. The fourth-order valence-electron chi connectivity index (χ4n) is 3.04. The second-order valence-electron chi connectivity index (χ2n) is 6.08. The van der Waals surface area contributed by atoms with Crippen LogP contribution in [-0.4, -0.2) is 41.1 Å². The van der Waals surface area contributed by atoms with Crippen LogP contribution in [0.15, 0.2) is 42.5 Å². The number of nitrogens with zero attached hydrogens (tertiary/aromatic N) is 2. The van der Waals surface area contributed by atoms with E-state index in [1.165, 1.54) is 4.90 Å². The summed E-state index contributed by atoms with van der Waals surface area (Å²) in [6.07, 6.45) is 0.691. The fourth-order valence-corrected chi connectivity index (χ4v) is 3.04. The van der Waals surface area contributed by atoms with Crippen molar-refractivity contribution < 1.29 is 14.4 Å². The maximum atomic E-state index is 12.3. The molecule has 2 aromatic carbocycles. The largest absolute Gasteiger partial charge is 0.341 e. The van der Waals surface area contributed by atoms with Crippen molar-refractivity contribution in [2.45, 2.75) is 25.8 Å². The van der Waals surface area contributed by atoms with Gasteiger partial charge < -0.3 is 4.90 Å². The Morgan fingerprint density at radius 3 is 2.46 bits per heavy atom. The Hall–Kier alpha value is -2.69. The van der Waals surface area contributed by atoms with Gasteiger partial charge in [-0.15, -0.1) is 0 Å². The molecular formula is C19H20N2O3. The third kappa shape index (κ3) is 3.30. The van der Waals surface area contributed by atoms with Gasteiger partial charge in [-0.2, -0.15) is 0 Å². The summed E-state index contributed by atoms with van der Waals surface area (Å²) in [4.78, 5) is 38.3. The molecule has 0 N–H and O–H groups in total. The van der Waals surface area contributed by atoms with E-state index >= 15 is 0 Å². The number of fused-ring (bicyclic) bond motifs is 1. The first-order chi connectivity index (χ1) is 11.6. The summed E-state index contributed by atoms with van der Waals surface area (Å²) < 4.78 is 0. The van der Waals surface area contributed by atoms with Crippen LogP contribution in [0.2, 0.25) is 0 Å². The number of amides is 3. The number of carbonyl (C=O) groups excluding carboxylic acids is 3. The molecule has 1 aliphatic heterocycles. The molecule has 124 valence electrons. The van der Waals surface area contributed by atoms with E-state index in [0.29, 0.717) is 6.54 Å². The number of carbonyl (C=O) groups is 3. The van der Waals surface area contributed by atoms with Crippen LogP contribution < -0.4 is 0 Å². The van der Waals surface area contributed by atoms with E-state index in [-0.39, 0.29) is 43.5 Å². The van der Waals surface area contributed by atoms with E-state index in [1.54, 1.807) is 11.9 Å². The number of hydrogen-bond donors (Lipinski definition) is 0. The van der Waals surface area contributed by atoms with Crippen LogP contribution in [0.5, 0.6) is 0 Å². The van der Waals surface area contributed by atoms with Crippen LogP contribution in [0.4, 0.5) is 0 Å². The lowest BCUT2D eigenvalue weighted by Gasteiger charge is -2.20. The standard InChI is InChI=1S/C19H20N2O3/c1-20(17(22)11-12-21-18(23)9-10-19(21)24)13-15-7-4-6-14-5-2-3-8-16(14)15/h2-8H,9-13H2,1H3. The van der Waals surface area contributed by atoms with Crippen molar-refractivity contribution in [1.82, 2.24) is 9.80 Å². The van der Waals surface area contributed by atoms with Gasteiger partial charge in [0.1, 0.15) is 0 Å². The number of imide groups is 1. The molecule has 0 saturated carbocycles. The number of benzene rings is 2. The van der Waals surface area contributed by atoms with Gasteiger partial charge in [0.05, 0.1) is 0 Å². The Labute approximate surface area is 140 Å². The summed E-state index contributed by atoms with van der Waals surface area (Å²) >= 11 is 0. The smallest absolute Gasteiger partial charge is 0.229 e. The quantitative estimate of drug-likeness (QED) is 0.793. The molecule has 1 aliphatic rings. The van der Waals surface area contributed by atoms with Gasteiger partial charge in [0, 0.05) is 39.4 Å². The van der Waals surface area contributed by atoms with E-state index in [4.69, 9.17) is 0 Å². The predicted octanol–water partition coefficient (Wildman–Crippen LogP) is 2.34. The Balaban J connectivity index is 1.63. The predicted molar refractivity (Wildman–Crippen MR) is 91.0 cm³/mol. The molecule has 1 heterocycles. The van der Waals surface area contributed by atoms with E-state index in [2.05, 4.69) is 0 Å².